The van der Waals surface area contributed by atoms with Crippen molar-refractivity contribution < 1.29 is 18.1 Å². The molecule has 0 radical (unpaired) electrons. The second-order valence-corrected chi connectivity index (χ2v) is 7.81. The summed E-state index contributed by atoms with van der Waals surface area (Å²) in [5, 5.41) is 0. The molecule has 0 aromatic heterocycles. The van der Waals surface area contributed by atoms with Gasteiger partial charge in [0.05, 0.1) is 18.8 Å². The Morgan fingerprint density at radius 2 is 1.13 bits per heavy atom. The Kier molecular flexibility index (Phi) is 13.5. The first-order valence-electron chi connectivity index (χ1n) is 9.61. The van der Waals surface area contributed by atoms with Gasteiger partial charge in [-0.1, -0.05) is 65.7 Å². The lowest BCUT2D eigenvalue weighted by molar-refractivity contribution is -0.0113. The van der Waals surface area contributed by atoms with Crippen molar-refractivity contribution in [1.29, 1.82) is 0 Å². The molecule has 4 nitrogen and oxygen atoms in total. The fourth-order valence-corrected chi connectivity index (χ4v) is 4.41. The number of hydrogen-bond donors (Lipinski definition) is 0. The molecule has 0 aliphatic heterocycles. The van der Waals surface area contributed by atoms with E-state index in [1.807, 2.05) is 13.8 Å². The molecule has 140 valence electrons. The first kappa shape index (κ1) is 23.1. The summed E-state index contributed by atoms with van der Waals surface area (Å²) in [6.45, 7) is 10.9. The Labute approximate surface area is 144 Å². The number of hydrogen-bond acceptors (Lipinski definition) is 4. The molecule has 0 saturated carbocycles. The van der Waals surface area contributed by atoms with Crippen molar-refractivity contribution >= 4 is 7.82 Å². The average Bonchev–Trinajstić information content (AvgIpc) is 2.51. The lowest BCUT2D eigenvalue weighted by Gasteiger charge is -2.36. The van der Waals surface area contributed by atoms with Crippen LogP contribution in [0.1, 0.15) is 98.8 Å². The molecule has 0 aromatic carbocycles. The van der Waals surface area contributed by atoms with Gasteiger partial charge in [-0.25, -0.2) is 4.57 Å². The summed E-state index contributed by atoms with van der Waals surface area (Å²) >= 11 is 0. The van der Waals surface area contributed by atoms with Crippen molar-refractivity contribution in [2.45, 2.75) is 104 Å². The Bertz CT molecular complexity index is 302. The number of phosphoric ester groups is 1. The third kappa shape index (κ3) is 9.86. The molecule has 0 aromatic rings. The summed E-state index contributed by atoms with van der Waals surface area (Å²) < 4.78 is 29.9. The molecule has 0 aliphatic rings. The second-order valence-electron chi connectivity index (χ2n) is 6.22. The monoisotopic (exact) mass is 350 g/mol. The van der Waals surface area contributed by atoms with Crippen molar-refractivity contribution in [3.8, 4) is 0 Å². The van der Waals surface area contributed by atoms with E-state index >= 15 is 0 Å². The molecule has 0 aliphatic carbocycles. The van der Waals surface area contributed by atoms with Gasteiger partial charge in [-0.3, -0.25) is 13.6 Å². The zero-order valence-electron chi connectivity index (χ0n) is 16.1. The van der Waals surface area contributed by atoms with Crippen LogP contribution in [0.4, 0.5) is 0 Å². The van der Waals surface area contributed by atoms with Crippen LogP contribution in [0.2, 0.25) is 0 Å². The van der Waals surface area contributed by atoms with Crippen LogP contribution in [0.15, 0.2) is 0 Å². The Hall–Kier alpha value is 0.110. The molecule has 0 heterocycles. The normalized spacial score (nSPS) is 12.7. The molecular formula is C18H39O4P. The smallest absolute Gasteiger partial charge is 0.287 e. The van der Waals surface area contributed by atoms with E-state index in [1.165, 1.54) is 12.8 Å². The van der Waals surface area contributed by atoms with Gasteiger partial charge < -0.3 is 0 Å². The molecule has 0 spiro atoms. The van der Waals surface area contributed by atoms with Crippen LogP contribution < -0.4 is 0 Å². The predicted octanol–water partition coefficient (Wildman–Crippen LogP) is 6.88. The molecule has 0 atom stereocenters. The van der Waals surface area contributed by atoms with Gasteiger partial charge in [0.1, 0.15) is 0 Å². The first-order chi connectivity index (χ1) is 11.0. The third-order valence-electron chi connectivity index (χ3n) is 4.09. The zero-order chi connectivity index (χ0) is 17.6. The van der Waals surface area contributed by atoms with Gasteiger partial charge in [0, 0.05) is 0 Å². The van der Waals surface area contributed by atoms with E-state index in [1.54, 1.807) is 0 Å². The summed E-state index contributed by atoms with van der Waals surface area (Å²) in [4.78, 5) is 0. The van der Waals surface area contributed by atoms with Crippen LogP contribution in [0, 0.1) is 0 Å². The number of rotatable bonds is 16. The van der Waals surface area contributed by atoms with Gasteiger partial charge in [-0.05, 0) is 33.1 Å². The average molecular weight is 350 g/mol. The van der Waals surface area contributed by atoms with Crippen molar-refractivity contribution in [2.75, 3.05) is 13.2 Å². The summed E-state index contributed by atoms with van der Waals surface area (Å²) in [6.07, 6.45) is 10.6. The summed E-state index contributed by atoms with van der Waals surface area (Å²) in [5.41, 5.74) is -0.374. The van der Waals surface area contributed by atoms with Crippen LogP contribution in [0.3, 0.4) is 0 Å². The van der Waals surface area contributed by atoms with E-state index < -0.39 is 7.82 Å². The summed E-state index contributed by atoms with van der Waals surface area (Å²) in [6, 6.07) is 0. The molecule has 0 amide bonds. The van der Waals surface area contributed by atoms with E-state index in [0.29, 0.717) is 13.2 Å². The topological polar surface area (TPSA) is 44.8 Å². The maximum absolute atomic E-state index is 12.9. The fraction of sp³-hybridized carbons (Fsp3) is 1.00. The Morgan fingerprint density at radius 3 is 1.52 bits per heavy atom. The van der Waals surface area contributed by atoms with E-state index in [9.17, 15) is 4.57 Å². The highest BCUT2D eigenvalue weighted by atomic mass is 31.2. The quantitative estimate of drug-likeness (QED) is 0.225. The van der Waals surface area contributed by atoms with E-state index in [0.717, 1.165) is 51.4 Å². The highest BCUT2D eigenvalue weighted by molar-refractivity contribution is 7.48. The molecule has 0 saturated heterocycles. The number of phosphoric acid groups is 1. The molecule has 0 fully saturated rings. The van der Waals surface area contributed by atoms with Gasteiger partial charge in [-0.2, -0.15) is 0 Å². The Balaban J connectivity index is 5.23. The minimum absolute atomic E-state index is 0.337. The van der Waals surface area contributed by atoms with Crippen LogP contribution in [-0.2, 0) is 18.1 Å². The van der Waals surface area contributed by atoms with Crippen molar-refractivity contribution in [3.05, 3.63) is 0 Å². The predicted molar refractivity (Wildman–Crippen MR) is 97.9 cm³/mol. The lowest BCUT2D eigenvalue weighted by atomic mass is 9.86. The molecule has 0 unspecified atom stereocenters. The molecule has 23 heavy (non-hydrogen) atoms. The van der Waals surface area contributed by atoms with Crippen molar-refractivity contribution in [1.82, 2.24) is 0 Å². The van der Waals surface area contributed by atoms with Gasteiger partial charge in [0.2, 0.25) is 0 Å². The van der Waals surface area contributed by atoms with E-state index in [2.05, 4.69) is 20.8 Å². The standard InChI is InChI=1S/C18H39O4P/c1-6-11-14-17-18(15-12-7-2,16-13-8-3)22-23(19,20-9-4)21-10-5/h6-17H2,1-5H3. The van der Waals surface area contributed by atoms with Crippen molar-refractivity contribution in [3.63, 3.8) is 0 Å². The van der Waals surface area contributed by atoms with Crippen LogP contribution in [0.5, 0.6) is 0 Å². The number of unbranched alkanes of at least 4 members (excludes halogenated alkanes) is 4. The summed E-state index contributed by atoms with van der Waals surface area (Å²) in [5.74, 6) is 0. The van der Waals surface area contributed by atoms with Crippen LogP contribution in [0.25, 0.3) is 0 Å². The fourth-order valence-electron chi connectivity index (χ4n) is 2.85. The first-order valence-corrected chi connectivity index (χ1v) is 11.1. The second kappa shape index (κ2) is 13.4. The zero-order valence-corrected chi connectivity index (χ0v) is 17.0. The van der Waals surface area contributed by atoms with Gasteiger partial charge >= 0.3 is 7.82 Å². The van der Waals surface area contributed by atoms with Crippen LogP contribution >= 0.6 is 7.82 Å². The molecule has 5 heteroatoms. The molecule has 0 N–H and O–H groups in total. The minimum Gasteiger partial charge on any atom is -0.287 e. The minimum atomic E-state index is -3.47. The Morgan fingerprint density at radius 1 is 0.696 bits per heavy atom. The van der Waals surface area contributed by atoms with Gasteiger partial charge in [0.25, 0.3) is 0 Å². The molecule has 0 rings (SSSR count). The SMILES string of the molecule is CCCCCC(CCCC)(CCCC)OP(=O)(OCC)OCC. The largest absolute Gasteiger partial charge is 0.475 e. The van der Waals surface area contributed by atoms with Crippen molar-refractivity contribution in [2.24, 2.45) is 0 Å². The highest BCUT2D eigenvalue weighted by Crippen LogP contribution is 2.55. The maximum Gasteiger partial charge on any atom is 0.475 e. The maximum atomic E-state index is 12.9. The lowest BCUT2D eigenvalue weighted by Crippen LogP contribution is -2.32. The third-order valence-corrected chi connectivity index (χ3v) is 5.85. The summed E-state index contributed by atoms with van der Waals surface area (Å²) in [7, 11) is -3.47. The van der Waals surface area contributed by atoms with Gasteiger partial charge in [0.15, 0.2) is 0 Å². The van der Waals surface area contributed by atoms with Gasteiger partial charge in [-0.15, -0.1) is 0 Å². The molecule has 0 bridgehead atoms. The van der Waals surface area contributed by atoms with Crippen LogP contribution in [-0.4, -0.2) is 18.8 Å². The van der Waals surface area contributed by atoms with E-state index in [4.69, 9.17) is 13.6 Å². The molecular weight excluding hydrogens is 311 g/mol. The van der Waals surface area contributed by atoms with E-state index in [-0.39, 0.29) is 5.60 Å². The highest BCUT2D eigenvalue weighted by Gasteiger charge is 2.39.